The zero-order chi connectivity index (χ0) is 19.2. The molecule has 2 aromatic carbocycles. The van der Waals surface area contributed by atoms with E-state index < -0.39 is 0 Å². The van der Waals surface area contributed by atoms with Crippen molar-refractivity contribution in [2.45, 2.75) is 46.0 Å². The number of likely N-dealkylation sites (tertiary alicyclic amines) is 1. The minimum atomic E-state index is -0.146. The first kappa shape index (κ1) is 19.2. The normalized spacial score (nSPS) is 14.5. The number of amides is 2. The Morgan fingerprint density at radius 1 is 0.926 bits per heavy atom. The highest BCUT2D eigenvalue weighted by Crippen LogP contribution is 2.22. The molecule has 4 heteroatoms. The highest BCUT2D eigenvalue weighted by molar-refractivity contribution is 6.05. The van der Waals surface area contributed by atoms with Crippen LogP contribution in [0.2, 0.25) is 0 Å². The summed E-state index contributed by atoms with van der Waals surface area (Å²) in [6.45, 7) is 5.73. The monoisotopic (exact) mass is 364 g/mol. The van der Waals surface area contributed by atoms with E-state index in [9.17, 15) is 9.59 Å². The summed E-state index contributed by atoms with van der Waals surface area (Å²) in [7, 11) is 0. The zero-order valence-electron chi connectivity index (χ0n) is 16.3. The summed E-state index contributed by atoms with van der Waals surface area (Å²) in [4.78, 5) is 27.3. The second-order valence-electron chi connectivity index (χ2n) is 7.20. The van der Waals surface area contributed by atoms with Gasteiger partial charge in [-0.3, -0.25) is 9.59 Å². The molecule has 0 aromatic heterocycles. The second kappa shape index (κ2) is 8.85. The quantitative estimate of drug-likeness (QED) is 0.845. The van der Waals surface area contributed by atoms with Crippen LogP contribution in [0.25, 0.3) is 0 Å². The van der Waals surface area contributed by atoms with Crippen molar-refractivity contribution in [3.63, 3.8) is 0 Å². The standard InChI is InChI=1S/C23H28N2O2/c1-3-18-10-8-9-17(2)21(18)24-22(26)19-11-13-20(14-12-19)23(27)25-15-6-4-5-7-16-25/h8-14H,3-7,15-16H2,1-2H3,(H,24,26). The third-order valence-electron chi connectivity index (χ3n) is 5.27. The molecule has 0 aliphatic carbocycles. The van der Waals surface area contributed by atoms with Crippen LogP contribution in [0.3, 0.4) is 0 Å². The number of carbonyl (C=O) groups excluding carboxylic acids is 2. The van der Waals surface area contributed by atoms with Crippen molar-refractivity contribution in [2.75, 3.05) is 18.4 Å². The van der Waals surface area contributed by atoms with Crippen molar-refractivity contribution in [3.05, 3.63) is 64.7 Å². The van der Waals surface area contributed by atoms with Crippen LogP contribution >= 0.6 is 0 Å². The topological polar surface area (TPSA) is 49.4 Å². The number of anilines is 1. The summed E-state index contributed by atoms with van der Waals surface area (Å²) in [6.07, 6.45) is 5.40. The first-order chi connectivity index (χ1) is 13.1. The Hall–Kier alpha value is -2.62. The fraction of sp³-hybridized carbons (Fsp3) is 0.391. The third kappa shape index (κ3) is 4.57. The summed E-state index contributed by atoms with van der Waals surface area (Å²) < 4.78 is 0. The van der Waals surface area contributed by atoms with E-state index in [2.05, 4.69) is 12.2 Å². The van der Waals surface area contributed by atoms with E-state index in [0.717, 1.165) is 49.2 Å². The summed E-state index contributed by atoms with van der Waals surface area (Å²) in [5, 5.41) is 3.03. The minimum Gasteiger partial charge on any atom is -0.339 e. The van der Waals surface area contributed by atoms with Crippen molar-refractivity contribution in [3.8, 4) is 0 Å². The fourth-order valence-electron chi connectivity index (χ4n) is 3.61. The van der Waals surface area contributed by atoms with Crippen molar-refractivity contribution in [1.29, 1.82) is 0 Å². The molecule has 142 valence electrons. The Labute approximate surface area is 161 Å². The molecule has 3 rings (SSSR count). The largest absolute Gasteiger partial charge is 0.339 e. The van der Waals surface area contributed by atoms with Gasteiger partial charge in [-0.1, -0.05) is 38.0 Å². The number of nitrogens with zero attached hydrogens (tertiary/aromatic N) is 1. The van der Waals surface area contributed by atoms with Crippen LogP contribution in [0.5, 0.6) is 0 Å². The van der Waals surface area contributed by atoms with Crippen LogP contribution in [0.4, 0.5) is 5.69 Å². The number of rotatable bonds is 4. The van der Waals surface area contributed by atoms with Crippen LogP contribution in [0, 0.1) is 6.92 Å². The van der Waals surface area contributed by atoms with E-state index in [1.807, 2.05) is 30.0 Å². The highest BCUT2D eigenvalue weighted by Gasteiger charge is 2.18. The van der Waals surface area contributed by atoms with E-state index >= 15 is 0 Å². The Bertz CT molecular complexity index is 804. The van der Waals surface area contributed by atoms with E-state index in [4.69, 9.17) is 0 Å². The zero-order valence-corrected chi connectivity index (χ0v) is 16.3. The summed E-state index contributed by atoms with van der Waals surface area (Å²) in [5.74, 6) is -0.0798. The average Bonchev–Trinajstić information content (AvgIpc) is 2.98. The molecule has 0 atom stereocenters. The molecule has 4 nitrogen and oxygen atoms in total. The molecule has 2 aromatic rings. The molecule has 0 spiro atoms. The van der Waals surface area contributed by atoms with Crippen molar-refractivity contribution in [1.82, 2.24) is 4.90 Å². The van der Waals surface area contributed by atoms with Gasteiger partial charge >= 0.3 is 0 Å². The Morgan fingerprint density at radius 3 is 2.19 bits per heavy atom. The van der Waals surface area contributed by atoms with Crippen LogP contribution in [-0.2, 0) is 6.42 Å². The predicted octanol–water partition coefficient (Wildman–Crippen LogP) is 4.83. The van der Waals surface area contributed by atoms with Gasteiger partial charge in [-0.2, -0.15) is 0 Å². The van der Waals surface area contributed by atoms with Gasteiger partial charge in [0.2, 0.25) is 0 Å². The molecule has 1 N–H and O–H groups in total. The molecule has 0 bridgehead atoms. The molecule has 0 unspecified atom stereocenters. The lowest BCUT2D eigenvalue weighted by atomic mass is 10.0. The minimum absolute atomic E-state index is 0.0658. The molecular weight excluding hydrogens is 336 g/mol. The molecule has 1 heterocycles. The highest BCUT2D eigenvalue weighted by atomic mass is 16.2. The SMILES string of the molecule is CCc1cccc(C)c1NC(=O)c1ccc(C(=O)N2CCCCCC2)cc1. The lowest BCUT2D eigenvalue weighted by Crippen LogP contribution is -2.31. The molecule has 27 heavy (non-hydrogen) atoms. The van der Waals surface area contributed by atoms with Crippen LogP contribution in [-0.4, -0.2) is 29.8 Å². The molecule has 0 radical (unpaired) electrons. The lowest BCUT2D eigenvalue weighted by molar-refractivity contribution is 0.0761. The van der Waals surface area contributed by atoms with E-state index in [0.29, 0.717) is 11.1 Å². The number of aryl methyl sites for hydroxylation is 2. The Morgan fingerprint density at radius 2 is 1.56 bits per heavy atom. The van der Waals surface area contributed by atoms with Crippen LogP contribution < -0.4 is 5.32 Å². The number of hydrogen-bond acceptors (Lipinski definition) is 2. The molecule has 2 amide bonds. The average molecular weight is 364 g/mol. The van der Waals surface area contributed by atoms with E-state index in [-0.39, 0.29) is 11.8 Å². The molecule has 1 fully saturated rings. The van der Waals surface area contributed by atoms with Gasteiger partial charge in [0.05, 0.1) is 0 Å². The smallest absolute Gasteiger partial charge is 0.255 e. The van der Waals surface area contributed by atoms with Gasteiger partial charge in [0.1, 0.15) is 0 Å². The maximum Gasteiger partial charge on any atom is 0.255 e. The molecule has 1 saturated heterocycles. The maximum absolute atomic E-state index is 12.7. The Balaban J connectivity index is 1.71. The van der Waals surface area contributed by atoms with Gasteiger partial charge < -0.3 is 10.2 Å². The van der Waals surface area contributed by atoms with Crippen molar-refractivity contribution in [2.24, 2.45) is 0 Å². The second-order valence-corrected chi connectivity index (χ2v) is 7.20. The third-order valence-corrected chi connectivity index (χ3v) is 5.27. The van der Waals surface area contributed by atoms with Gasteiger partial charge in [-0.05, 0) is 61.6 Å². The summed E-state index contributed by atoms with van der Waals surface area (Å²) >= 11 is 0. The number of nitrogens with one attached hydrogen (secondary N) is 1. The predicted molar refractivity (Wildman–Crippen MR) is 109 cm³/mol. The number of hydrogen-bond donors (Lipinski definition) is 1. The maximum atomic E-state index is 12.7. The fourth-order valence-corrected chi connectivity index (χ4v) is 3.61. The van der Waals surface area contributed by atoms with Crippen LogP contribution in [0.15, 0.2) is 42.5 Å². The van der Waals surface area contributed by atoms with Gasteiger partial charge in [0.15, 0.2) is 0 Å². The van der Waals surface area contributed by atoms with Gasteiger partial charge in [0.25, 0.3) is 11.8 Å². The van der Waals surface area contributed by atoms with E-state index in [1.165, 1.54) is 12.8 Å². The van der Waals surface area contributed by atoms with E-state index in [1.54, 1.807) is 24.3 Å². The summed E-state index contributed by atoms with van der Waals surface area (Å²) in [6, 6.07) is 13.0. The molecule has 1 aliphatic heterocycles. The number of benzene rings is 2. The van der Waals surface area contributed by atoms with Gasteiger partial charge in [0, 0.05) is 29.9 Å². The molecule has 1 aliphatic rings. The summed E-state index contributed by atoms with van der Waals surface area (Å²) in [5.41, 5.74) is 4.27. The van der Waals surface area contributed by atoms with Crippen molar-refractivity contribution >= 4 is 17.5 Å². The lowest BCUT2D eigenvalue weighted by Gasteiger charge is -2.20. The first-order valence-corrected chi connectivity index (χ1v) is 9.89. The van der Waals surface area contributed by atoms with Crippen molar-refractivity contribution < 1.29 is 9.59 Å². The van der Waals surface area contributed by atoms with Gasteiger partial charge in [-0.25, -0.2) is 0 Å². The first-order valence-electron chi connectivity index (χ1n) is 9.89. The molecule has 0 saturated carbocycles. The number of para-hydroxylation sites is 1. The molecular formula is C23H28N2O2. The van der Waals surface area contributed by atoms with Crippen LogP contribution in [0.1, 0.15) is 64.4 Å². The number of carbonyl (C=O) groups is 2. The van der Waals surface area contributed by atoms with Gasteiger partial charge in [-0.15, -0.1) is 0 Å². The Kier molecular flexibility index (Phi) is 6.28.